The first-order chi connectivity index (χ1) is 11.6. The van der Waals surface area contributed by atoms with Crippen molar-refractivity contribution in [1.82, 2.24) is 10.4 Å². The van der Waals surface area contributed by atoms with Gasteiger partial charge in [-0.25, -0.2) is 14.4 Å². The summed E-state index contributed by atoms with van der Waals surface area (Å²) in [6.45, 7) is 1.05. The number of nitrogens with zero attached hydrogens (tertiary/aromatic N) is 1. The molecule has 8 nitrogen and oxygen atoms in total. The van der Waals surface area contributed by atoms with Crippen LogP contribution in [0.15, 0.2) is 0 Å². The van der Waals surface area contributed by atoms with Crippen molar-refractivity contribution in [3.8, 4) is 0 Å². The molecule has 2 atom stereocenters. The molecule has 0 aromatic carbocycles. The van der Waals surface area contributed by atoms with Crippen LogP contribution in [0.4, 0.5) is 4.79 Å². The number of esters is 1. The van der Waals surface area contributed by atoms with Gasteiger partial charge in [0.25, 0.3) is 0 Å². The Labute approximate surface area is 140 Å². The molecule has 3 rings (SSSR count). The van der Waals surface area contributed by atoms with Crippen LogP contribution in [0.25, 0.3) is 0 Å². The third-order valence-corrected chi connectivity index (χ3v) is 4.87. The van der Waals surface area contributed by atoms with Gasteiger partial charge in [0, 0.05) is 19.5 Å². The fourth-order valence-corrected chi connectivity index (χ4v) is 3.52. The molecule has 134 valence electrons. The lowest BCUT2D eigenvalue weighted by molar-refractivity contribution is -0.277. The summed E-state index contributed by atoms with van der Waals surface area (Å²) in [4.78, 5) is 39.1. The third kappa shape index (κ3) is 4.37. The van der Waals surface area contributed by atoms with Gasteiger partial charge in [-0.2, -0.15) is 0 Å². The Morgan fingerprint density at radius 3 is 2.75 bits per heavy atom. The minimum absolute atomic E-state index is 0.0540. The Balaban J connectivity index is 1.34. The first-order valence-corrected chi connectivity index (χ1v) is 8.76. The number of rotatable bonds is 4. The van der Waals surface area contributed by atoms with E-state index in [1.54, 1.807) is 0 Å². The monoisotopic (exact) mass is 340 g/mol. The smallest absolute Gasteiger partial charge is 0.436 e. The van der Waals surface area contributed by atoms with Crippen LogP contribution in [-0.4, -0.2) is 48.5 Å². The van der Waals surface area contributed by atoms with Crippen molar-refractivity contribution in [3.05, 3.63) is 0 Å². The second-order valence-electron chi connectivity index (χ2n) is 6.65. The number of hydrogen-bond donors (Lipinski definition) is 1. The standard InChI is InChI=1S/C16H24N2O6/c19-14-15(20)24-18-9-7-11(10-13(18)23-14)6-8-17-16(21)22-12-4-2-1-3-5-12/h11-13H,1-10H2,(H,17,21). The number of hydroxylamine groups is 2. The largest absolute Gasteiger partial charge is 0.446 e. The summed E-state index contributed by atoms with van der Waals surface area (Å²) in [5.41, 5.74) is 0. The highest BCUT2D eigenvalue weighted by Crippen LogP contribution is 2.28. The molecule has 2 heterocycles. The third-order valence-electron chi connectivity index (χ3n) is 4.87. The van der Waals surface area contributed by atoms with Gasteiger partial charge in [-0.1, -0.05) is 11.5 Å². The summed E-state index contributed by atoms with van der Waals surface area (Å²) in [6.07, 6.45) is 6.77. The Morgan fingerprint density at radius 2 is 1.96 bits per heavy atom. The van der Waals surface area contributed by atoms with E-state index >= 15 is 0 Å². The van der Waals surface area contributed by atoms with Gasteiger partial charge in [0.15, 0.2) is 6.23 Å². The van der Waals surface area contributed by atoms with E-state index in [1.165, 1.54) is 11.5 Å². The molecule has 2 aliphatic heterocycles. The highest BCUT2D eigenvalue weighted by Gasteiger charge is 2.40. The molecule has 8 heteroatoms. The SMILES string of the molecule is O=C(NCCC1CCN2OC(=O)C(=O)OC2C1)OC1CCCCC1. The summed E-state index contributed by atoms with van der Waals surface area (Å²) < 4.78 is 10.5. The van der Waals surface area contributed by atoms with Crippen molar-refractivity contribution in [3.63, 3.8) is 0 Å². The van der Waals surface area contributed by atoms with Gasteiger partial charge in [0.2, 0.25) is 0 Å². The van der Waals surface area contributed by atoms with Gasteiger partial charge < -0.3 is 19.6 Å². The zero-order chi connectivity index (χ0) is 16.9. The van der Waals surface area contributed by atoms with E-state index in [1.807, 2.05) is 0 Å². The van der Waals surface area contributed by atoms with E-state index in [4.69, 9.17) is 14.3 Å². The molecule has 0 bridgehead atoms. The average molecular weight is 340 g/mol. The molecule has 0 spiro atoms. The molecular weight excluding hydrogens is 316 g/mol. The molecule has 0 aromatic heterocycles. The molecule has 1 saturated carbocycles. The molecule has 2 unspecified atom stereocenters. The van der Waals surface area contributed by atoms with Crippen LogP contribution >= 0.6 is 0 Å². The van der Waals surface area contributed by atoms with E-state index in [2.05, 4.69) is 5.32 Å². The minimum Gasteiger partial charge on any atom is -0.446 e. The highest BCUT2D eigenvalue weighted by atomic mass is 16.8. The Kier molecular flexibility index (Phi) is 5.55. The van der Waals surface area contributed by atoms with Crippen LogP contribution in [0.1, 0.15) is 51.4 Å². The van der Waals surface area contributed by atoms with Crippen molar-refractivity contribution in [2.24, 2.45) is 5.92 Å². The molecule has 3 aliphatic rings. The lowest BCUT2D eigenvalue weighted by Gasteiger charge is -2.39. The Bertz CT molecular complexity index is 491. The van der Waals surface area contributed by atoms with Crippen molar-refractivity contribution in [1.29, 1.82) is 0 Å². The van der Waals surface area contributed by atoms with Crippen LogP contribution in [0.3, 0.4) is 0 Å². The molecule has 0 radical (unpaired) electrons. The van der Waals surface area contributed by atoms with Crippen LogP contribution in [0, 0.1) is 5.92 Å². The topological polar surface area (TPSA) is 94.2 Å². The normalized spacial score (nSPS) is 28.5. The molecule has 3 fully saturated rings. The van der Waals surface area contributed by atoms with Gasteiger partial charge >= 0.3 is 18.0 Å². The molecule has 1 aliphatic carbocycles. The molecule has 2 saturated heterocycles. The molecule has 1 N–H and O–H groups in total. The first-order valence-electron chi connectivity index (χ1n) is 8.76. The predicted octanol–water partition coefficient (Wildman–Crippen LogP) is 1.49. The maximum atomic E-state index is 11.8. The lowest BCUT2D eigenvalue weighted by Crippen LogP contribution is -2.52. The molecule has 24 heavy (non-hydrogen) atoms. The molecular formula is C16H24N2O6. The zero-order valence-corrected chi connectivity index (χ0v) is 13.7. The van der Waals surface area contributed by atoms with E-state index in [-0.39, 0.29) is 12.2 Å². The van der Waals surface area contributed by atoms with Gasteiger partial charge in [0.05, 0.1) is 0 Å². The highest BCUT2D eigenvalue weighted by molar-refractivity contribution is 6.29. The van der Waals surface area contributed by atoms with E-state index < -0.39 is 18.2 Å². The summed E-state index contributed by atoms with van der Waals surface area (Å²) in [5, 5.41) is 4.22. The number of amides is 1. The molecule has 1 amide bonds. The van der Waals surface area contributed by atoms with E-state index in [0.717, 1.165) is 38.5 Å². The van der Waals surface area contributed by atoms with Crippen LogP contribution in [0.5, 0.6) is 0 Å². The number of carbonyl (C=O) groups excluding carboxylic acids is 3. The van der Waals surface area contributed by atoms with Crippen LogP contribution in [0.2, 0.25) is 0 Å². The fraction of sp³-hybridized carbons (Fsp3) is 0.812. The Morgan fingerprint density at radius 1 is 1.17 bits per heavy atom. The van der Waals surface area contributed by atoms with Gasteiger partial charge in [0.1, 0.15) is 6.10 Å². The maximum absolute atomic E-state index is 11.8. The van der Waals surface area contributed by atoms with E-state index in [9.17, 15) is 14.4 Å². The van der Waals surface area contributed by atoms with Crippen LogP contribution in [-0.2, 0) is 23.9 Å². The second-order valence-corrected chi connectivity index (χ2v) is 6.65. The first kappa shape index (κ1) is 17.0. The number of hydrogen-bond acceptors (Lipinski definition) is 7. The van der Waals surface area contributed by atoms with Gasteiger partial charge in [-0.05, 0) is 44.4 Å². The zero-order valence-electron chi connectivity index (χ0n) is 13.7. The lowest BCUT2D eigenvalue weighted by atomic mass is 9.93. The maximum Gasteiger partial charge on any atom is 0.436 e. The van der Waals surface area contributed by atoms with Gasteiger partial charge in [-0.15, -0.1) is 0 Å². The summed E-state index contributed by atoms with van der Waals surface area (Å²) in [5.74, 6) is -1.60. The van der Waals surface area contributed by atoms with Crippen molar-refractivity contribution in [2.45, 2.75) is 63.7 Å². The van der Waals surface area contributed by atoms with Crippen molar-refractivity contribution in [2.75, 3.05) is 13.1 Å². The Hall–Kier alpha value is -1.83. The number of nitrogens with one attached hydrogen (secondary N) is 1. The van der Waals surface area contributed by atoms with Crippen molar-refractivity contribution < 1.29 is 28.7 Å². The quantitative estimate of drug-likeness (QED) is 0.612. The summed E-state index contributed by atoms with van der Waals surface area (Å²) in [7, 11) is 0. The summed E-state index contributed by atoms with van der Waals surface area (Å²) >= 11 is 0. The van der Waals surface area contributed by atoms with Crippen LogP contribution < -0.4 is 5.32 Å². The van der Waals surface area contributed by atoms with E-state index in [0.29, 0.717) is 25.4 Å². The number of ether oxygens (including phenoxy) is 2. The number of piperidine rings is 1. The predicted molar refractivity (Wildman–Crippen MR) is 81.4 cm³/mol. The second kappa shape index (κ2) is 7.83. The average Bonchev–Trinajstić information content (AvgIpc) is 2.57. The summed E-state index contributed by atoms with van der Waals surface area (Å²) in [6, 6.07) is 0. The number of alkyl carbamates (subject to hydrolysis) is 1. The molecule has 0 aromatic rings. The number of carbonyl (C=O) groups is 3. The number of fused-ring (bicyclic) bond motifs is 1. The van der Waals surface area contributed by atoms with Crippen molar-refractivity contribution >= 4 is 18.0 Å². The minimum atomic E-state index is -0.961. The fourth-order valence-electron chi connectivity index (χ4n) is 3.52. The van der Waals surface area contributed by atoms with Gasteiger partial charge in [-0.3, -0.25) is 0 Å².